The van der Waals surface area contributed by atoms with Crippen molar-refractivity contribution in [3.05, 3.63) is 0 Å². The molecule has 4 unspecified atom stereocenters. The summed E-state index contributed by atoms with van der Waals surface area (Å²) in [4.78, 5) is 12.5. The van der Waals surface area contributed by atoms with Gasteiger partial charge in [-0.2, -0.15) is 0 Å². The van der Waals surface area contributed by atoms with Crippen LogP contribution in [0.1, 0.15) is 87.0 Å². The van der Waals surface area contributed by atoms with E-state index in [0.29, 0.717) is 32.1 Å². The van der Waals surface area contributed by atoms with Gasteiger partial charge in [0.05, 0.1) is 16.6 Å². The summed E-state index contributed by atoms with van der Waals surface area (Å²) in [6.45, 7) is 13.5. The van der Waals surface area contributed by atoms with Gasteiger partial charge in [0.2, 0.25) is 0 Å². The summed E-state index contributed by atoms with van der Waals surface area (Å²) in [6, 6.07) is 0. The molecule has 0 saturated heterocycles. The maximum Gasteiger partial charge on any atom is 0.312 e. The number of ether oxygens (including phenoxy) is 1. The highest BCUT2D eigenvalue weighted by atomic mass is 16.6. The van der Waals surface area contributed by atoms with Crippen LogP contribution in [0.2, 0.25) is 0 Å². The molecule has 0 aromatic rings. The molecule has 23 heavy (non-hydrogen) atoms. The van der Waals surface area contributed by atoms with Gasteiger partial charge < -0.3 is 14.9 Å². The molecule has 2 fully saturated rings. The number of rotatable bonds is 3. The highest BCUT2D eigenvalue weighted by molar-refractivity contribution is 5.76. The van der Waals surface area contributed by atoms with Crippen LogP contribution in [0.4, 0.5) is 0 Å². The van der Waals surface area contributed by atoms with Crippen LogP contribution in [-0.2, 0) is 9.53 Å². The molecule has 0 radical (unpaired) electrons. The maximum atomic E-state index is 12.5. The van der Waals surface area contributed by atoms with Gasteiger partial charge in [0.15, 0.2) is 0 Å². The molecule has 0 aromatic heterocycles. The van der Waals surface area contributed by atoms with Crippen LogP contribution in [0.3, 0.4) is 0 Å². The Labute approximate surface area is 141 Å². The first-order valence-corrected chi connectivity index (χ1v) is 9.09. The monoisotopic (exact) mass is 328 g/mol. The third-order valence-corrected chi connectivity index (χ3v) is 5.26. The van der Waals surface area contributed by atoms with Crippen molar-refractivity contribution in [2.45, 2.75) is 104 Å². The van der Waals surface area contributed by atoms with Crippen LogP contribution >= 0.6 is 0 Å². The van der Waals surface area contributed by atoms with E-state index in [4.69, 9.17) is 4.74 Å². The van der Waals surface area contributed by atoms with Crippen LogP contribution in [0, 0.1) is 11.3 Å². The molecule has 0 aliphatic heterocycles. The molecule has 2 saturated carbocycles. The molecule has 4 atom stereocenters. The van der Waals surface area contributed by atoms with Crippen molar-refractivity contribution in [1.29, 1.82) is 0 Å². The van der Waals surface area contributed by atoms with E-state index < -0.39 is 22.2 Å². The van der Waals surface area contributed by atoms with Gasteiger partial charge in [-0.3, -0.25) is 4.79 Å². The number of carbonyl (C=O) groups excluding carboxylic acids is 1. The molecular formula is C19H36O4. The van der Waals surface area contributed by atoms with Crippen molar-refractivity contribution in [3.8, 4) is 0 Å². The molecule has 2 N–H and O–H groups in total. The van der Waals surface area contributed by atoms with Crippen molar-refractivity contribution in [1.82, 2.24) is 0 Å². The lowest BCUT2D eigenvalue weighted by atomic mass is 9.59. The molecule has 4 heteroatoms. The molecule has 0 heterocycles. The van der Waals surface area contributed by atoms with E-state index in [2.05, 4.69) is 6.92 Å². The largest absolute Gasteiger partial charge is 0.458 e. The Hall–Kier alpha value is -0.610. The average Bonchev–Trinajstić information content (AvgIpc) is 2.35. The fourth-order valence-corrected chi connectivity index (χ4v) is 4.43. The Balaban J connectivity index is 0.00000127. The third-order valence-electron chi connectivity index (χ3n) is 5.26. The lowest BCUT2D eigenvalue weighted by Crippen LogP contribution is -2.61. The Kier molecular flexibility index (Phi) is 5.97. The summed E-state index contributed by atoms with van der Waals surface area (Å²) in [5.41, 5.74) is -3.16. The van der Waals surface area contributed by atoms with E-state index >= 15 is 0 Å². The number of hydrogen-bond donors (Lipinski definition) is 2. The molecule has 136 valence electrons. The minimum atomic E-state index is -0.982. The van der Waals surface area contributed by atoms with Gasteiger partial charge in [-0.1, -0.05) is 27.7 Å². The Bertz CT molecular complexity index is 425. The highest BCUT2D eigenvalue weighted by Crippen LogP contribution is 2.53. The first-order chi connectivity index (χ1) is 10.4. The molecule has 0 spiro atoms. The lowest BCUT2D eigenvalue weighted by molar-refractivity contribution is -0.228. The molecule has 0 aromatic carbocycles. The van der Waals surface area contributed by atoms with Gasteiger partial charge in [0, 0.05) is 19.3 Å². The predicted molar refractivity (Wildman–Crippen MR) is 92.1 cm³/mol. The molecule has 2 rings (SSSR count). The zero-order valence-electron chi connectivity index (χ0n) is 16.0. The Morgan fingerprint density at radius 2 is 1.74 bits per heavy atom. The Morgan fingerprint density at radius 3 is 2.26 bits per heavy atom. The van der Waals surface area contributed by atoms with Crippen molar-refractivity contribution < 1.29 is 19.7 Å². The quantitative estimate of drug-likeness (QED) is 0.773. The number of fused-ring (bicyclic) bond motifs is 2. The zero-order valence-corrected chi connectivity index (χ0v) is 16.0. The highest BCUT2D eigenvalue weighted by Gasteiger charge is 2.58. The second-order valence-electron chi connectivity index (χ2n) is 8.58. The van der Waals surface area contributed by atoms with Crippen molar-refractivity contribution >= 4 is 5.97 Å². The van der Waals surface area contributed by atoms with Gasteiger partial charge in [-0.15, -0.1) is 0 Å². The van der Waals surface area contributed by atoms with E-state index in [-0.39, 0.29) is 11.9 Å². The predicted octanol–water partition coefficient (Wildman–Crippen LogP) is 3.83. The van der Waals surface area contributed by atoms with Crippen LogP contribution < -0.4 is 0 Å². The van der Waals surface area contributed by atoms with E-state index in [0.717, 1.165) is 6.42 Å². The maximum absolute atomic E-state index is 12.5. The van der Waals surface area contributed by atoms with E-state index in [1.807, 2.05) is 34.6 Å². The molecule has 2 aliphatic rings. The fourth-order valence-electron chi connectivity index (χ4n) is 4.43. The third kappa shape index (κ3) is 4.69. The summed E-state index contributed by atoms with van der Waals surface area (Å²) in [6.07, 6.45) is 3.32. The SMILES string of the molecule is CC.CCC(C)(C)C(=O)OC12CC(C)CC(O)(CC(C)(O)C1)C2. The minimum absolute atomic E-state index is 0.223. The van der Waals surface area contributed by atoms with Gasteiger partial charge in [0.1, 0.15) is 5.60 Å². The summed E-state index contributed by atoms with van der Waals surface area (Å²) in [5.74, 6) is 0.0662. The lowest BCUT2D eigenvalue weighted by Gasteiger charge is -2.55. The van der Waals surface area contributed by atoms with Gasteiger partial charge >= 0.3 is 5.97 Å². The van der Waals surface area contributed by atoms with Crippen LogP contribution in [0.15, 0.2) is 0 Å². The molecule has 0 amide bonds. The van der Waals surface area contributed by atoms with E-state index in [9.17, 15) is 15.0 Å². The number of aliphatic hydroxyl groups is 2. The van der Waals surface area contributed by atoms with E-state index in [1.54, 1.807) is 6.92 Å². The van der Waals surface area contributed by atoms with Crippen LogP contribution in [0.25, 0.3) is 0 Å². The summed E-state index contributed by atoms with van der Waals surface area (Å²) in [5, 5.41) is 21.3. The van der Waals surface area contributed by atoms with Crippen molar-refractivity contribution in [2.24, 2.45) is 11.3 Å². The average molecular weight is 328 g/mol. The summed E-state index contributed by atoms with van der Waals surface area (Å²) >= 11 is 0. The topological polar surface area (TPSA) is 66.8 Å². The molecule has 2 aliphatic carbocycles. The second kappa shape index (κ2) is 6.72. The van der Waals surface area contributed by atoms with Crippen LogP contribution in [0.5, 0.6) is 0 Å². The fraction of sp³-hybridized carbons (Fsp3) is 0.947. The Morgan fingerprint density at radius 1 is 1.17 bits per heavy atom. The second-order valence-corrected chi connectivity index (χ2v) is 8.58. The van der Waals surface area contributed by atoms with Crippen molar-refractivity contribution in [3.63, 3.8) is 0 Å². The summed E-state index contributed by atoms with van der Waals surface area (Å²) < 4.78 is 5.92. The number of carbonyl (C=O) groups is 1. The summed E-state index contributed by atoms with van der Waals surface area (Å²) in [7, 11) is 0. The van der Waals surface area contributed by atoms with Gasteiger partial charge in [-0.05, 0) is 46.0 Å². The standard InChI is InChI=1S/C17H30O4.C2H6/c1-6-14(3,4)13(18)21-17-8-12(2)7-16(20,11-17)9-15(5,19)10-17;1-2/h12,19-20H,6-11H2,1-5H3;1-2H3. The molecule has 2 bridgehead atoms. The van der Waals surface area contributed by atoms with Crippen molar-refractivity contribution in [2.75, 3.05) is 0 Å². The first kappa shape index (κ1) is 20.4. The molecule has 4 nitrogen and oxygen atoms in total. The van der Waals surface area contributed by atoms with E-state index in [1.165, 1.54) is 0 Å². The minimum Gasteiger partial charge on any atom is -0.458 e. The normalized spacial score (nSPS) is 40.0. The zero-order chi connectivity index (χ0) is 18.1. The van der Waals surface area contributed by atoms with Gasteiger partial charge in [-0.25, -0.2) is 0 Å². The van der Waals surface area contributed by atoms with Crippen LogP contribution in [-0.4, -0.2) is 33.0 Å². The number of hydrogen-bond acceptors (Lipinski definition) is 4. The first-order valence-electron chi connectivity index (χ1n) is 9.09. The van der Waals surface area contributed by atoms with Gasteiger partial charge in [0.25, 0.3) is 0 Å². The molecular weight excluding hydrogens is 292 g/mol. The number of esters is 1. The smallest absolute Gasteiger partial charge is 0.312 e.